The van der Waals surface area contributed by atoms with Crippen LogP contribution in [0.15, 0.2) is 24.3 Å². The van der Waals surface area contributed by atoms with Crippen molar-refractivity contribution in [3.05, 3.63) is 35.4 Å². The van der Waals surface area contributed by atoms with Gasteiger partial charge in [-0.15, -0.1) is 0 Å². The molecular formula is C18H29N3. The molecule has 1 N–H and O–H groups in total. The van der Waals surface area contributed by atoms with Gasteiger partial charge in [-0.2, -0.15) is 0 Å². The topological polar surface area (TPSA) is 18.5 Å². The summed E-state index contributed by atoms with van der Waals surface area (Å²) >= 11 is 0. The van der Waals surface area contributed by atoms with E-state index in [0.29, 0.717) is 6.04 Å². The standard InChI is InChI=1S/C18H29N3/c1-15(2)19-12-16-5-7-17(8-6-16)13-20-10-11-21-9-3-4-18(21)14-20/h5-8,15,18-19H,3-4,9-14H2,1-2H3. The third-order valence-corrected chi connectivity index (χ3v) is 4.82. The highest BCUT2D eigenvalue weighted by Gasteiger charge is 2.30. The van der Waals surface area contributed by atoms with Crippen LogP contribution in [0.3, 0.4) is 0 Å². The van der Waals surface area contributed by atoms with Crippen LogP contribution in [0.25, 0.3) is 0 Å². The van der Waals surface area contributed by atoms with E-state index in [1.165, 1.54) is 50.1 Å². The smallest absolute Gasteiger partial charge is 0.0234 e. The molecule has 0 amide bonds. The first-order chi connectivity index (χ1) is 10.2. The highest BCUT2D eigenvalue weighted by molar-refractivity contribution is 5.22. The van der Waals surface area contributed by atoms with Gasteiger partial charge in [0.2, 0.25) is 0 Å². The first-order valence-electron chi connectivity index (χ1n) is 8.48. The number of hydrogen-bond donors (Lipinski definition) is 1. The van der Waals surface area contributed by atoms with Gasteiger partial charge in [0.05, 0.1) is 0 Å². The van der Waals surface area contributed by atoms with E-state index in [1.54, 1.807) is 0 Å². The van der Waals surface area contributed by atoms with Gasteiger partial charge in [-0.25, -0.2) is 0 Å². The molecule has 1 atom stereocenters. The van der Waals surface area contributed by atoms with Crippen LogP contribution in [0, 0.1) is 0 Å². The molecule has 2 aliphatic heterocycles. The highest BCUT2D eigenvalue weighted by atomic mass is 15.3. The summed E-state index contributed by atoms with van der Waals surface area (Å²) in [5, 5.41) is 3.47. The summed E-state index contributed by atoms with van der Waals surface area (Å²) in [6, 6.07) is 10.5. The van der Waals surface area contributed by atoms with Crippen molar-refractivity contribution < 1.29 is 0 Å². The van der Waals surface area contributed by atoms with Crippen LogP contribution in [0.1, 0.15) is 37.8 Å². The zero-order chi connectivity index (χ0) is 14.7. The summed E-state index contributed by atoms with van der Waals surface area (Å²) in [6.45, 7) is 11.6. The van der Waals surface area contributed by atoms with E-state index in [1.807, 2.05) is 0 Å². The second-order valence-corrected chi connectivity index (χ2v) is 6.92. The molecule has 0 radical (unpaired) electrons. The van der Waals surface area contributed by atoms with Crippen molar-refractivity contribution >= 4 is 0 Å². The Hall–Kier alpha value is -0.900. The van der Waals surface area contributed by atoms with Crippen molar-refractivity contribution in [2.75, 3.05) is 26.2 Å². The molecule has 0 aromatic heterocycles. The van der Waals surface area contributed by atoms with Crippen molar-refractivity contribution in [2.24, 2.45) is 0 Å². The Morgan fingerprint density at radius 1 is 1.10 bits per heavy atom. The molecule has 0 aliphatic carbocycles. The summed E-state index contributed by atoms with van der Waals surface area (Å²) in [5.41, 5.74) is 2.84. The lowest BCUT2D eigenvalue weighted by atomic mass is 10.1. The van der Waals surface area contributed by atoms with Gasteiger partial charge in [0.1, 0.15) is 0 Å². The lowest BCUT2D eigenvalue weighted by molar-refractivity contribution is 0.0994. The minimum atomic E-state index is 0.549. The average Bonchev–Trinajstić information content (AvgIpc) is 2.94. The minimum absolute atomic E-state index is 0.549. The van der Waals surface area contributed by atoms with E-state index >= 15 is 0 Å². The number of hydrogen-bond acceptors (Lipinski definition) is 3. The second-order valence-electron chi connectivity index (χ2n) is 6.92. The normalized spacial score (nSPS) is 23.7. The second kappa shape index (κ2) is 6.91. The fraction of sp³-hybridized carbons (Fsp3) is 0.667. The van der Waals surface area contributed by atoms with Crippen LogP contribution in [0.5, 0.6) is 0 Å². The van der Waals surface area contributed by atoms with E-state index in [4.69, 9.17) is 0 Å². The maximum Gasteiger partial charge on any atom is 0.0234 e. The molecule has 1 unspecified atom stereocenters. The molecule has 3 nitrogen and oxygen atoms in total. The maximum absolute atomic E-state index is 3.47. The van der Waals surface area contributed by atoms with Gasteiger partial charge in [-0.05, 0) is 30.5 Å². The molecule has 3 rings (SSSR count). The molecule has 1 aromatic carbocycles. The summed E-state index contributed by atoms with van der Waals surface area (Å²) in [4.78, 5) is 5.31. The zero-order valence-electron chi connectivity index (χ0n) is 13.5. The summed E-state index contributed by atoms with van der Waals surface area (Å²) in [7, 11) is 0. The largest absolute Gasteiger partial charge is 0.310 e. The van der Waals surface area contributed by atoms with Gasteiger partial charge in [-0.1, -0.05) is 38.1 Å². The molecule has 0 spiro atoms. The Labute approximate surface area is 129 Å². The Morgan fingerprint density at radius 3 is 2.62 bits per heavy atom. The van der Waals surface area contributed by atoms with E-state index in [0.717, 1.165) is 19.1 Å². The third-order valence-electron chi connectivity index (χ3n) is 4.82. The molecule has 2 aliphatic rings. The molecule has 21 heavy (non-hydrogen) atoms. The lowest BCUT2D eigenvalue weighted by Gasteiger charge is -2.37. The van der Waals surface area contributed by atoms with Gasteiger partial charge in [0.25, 0.3) is 0 Å². The van der Waals surface area contributed by atoms with Gasteiger partial charge in [0, 0.05) is 44.8 Å². The van der Waals surface area contributed by atoms with Crippen molar-refractivity contribution in [1.29, 1.82) is 0 Å². The molecule has 3 heteroatoms. The Bertz CT molecular complexity index is 440. The van der Waals surface area contributed by atoms with Crippen LogP contribution in [-0.4, -0.2) is 48.1 Å². The van der Waals surface area contributed by atoms with Crippen LogP contribution in [0.2, 0.25) is 0 Å². The minimum Gasteiger partial charge on any atom is -0.310 e. The Balaban J connectivity index is 1.51. The first kappa shape index (κ1) is 15.0. The lowest BCUT2D eigenvalue weighted by Crippen LogP contribution is -2.49. The molecule has 2 fully saturated rings. The van der Waals surface area contributed by atoms with Gasteiger partial charge < -0.3 is 5.32 Å². The molecular weight excluding hydrogens is 258 g/mol. The monoisotopic (exact) mass is 287 g/mol. The van der Waals surface area contributed by atoms with Crippen molar-refractivity contribution in [2.45, 2.75) is 51.9 Å². The van der Waals surface area contributed by atoms with Crippen molar-refractivity contribution in [1.82, 2.24) is 15.1 Å². The number of benzene rings is 1. The zero-order valence-corrected chi connectivity index (χ0v) is 13.5. The summed E-state index contributed by atoms with van der Waals surface area (Å²) in [6.07, 6.45) is 2.80. The van der Waals surface area contributed by atoms with Crippen molar-refractivity contribution in [3.8, 4) is 0 Å². The summed E-state index contributed by atoms with van der Waals surface area (Å²) < 4.78 is 0. The van der Waals surface area contributed by atoms with Crippen molar-refractivity contribution in [3.63, 3.8) is 0 Å². The molecule has 1 aromatic rings. The Kier molecular flexibility index (Phi) is 4.94. The summed E-state index contributed by atoms with van der Waals surface area (Å²) in [5.74, 6) is 0. The van der Waals surface area contributed by atoms with Crippen LogP contribution in [-0.2, 0) is 13.1 Å². The highest BCUT2D eigenvalue weighted by Crippen LogP contribution is 2.22. The molecule has 0 saturated carbocycles. The first-order valence-corrected chi connectivity index (χ1v) is 8.48. The van der Waals surface area contributed by atoms with Crippen LogP contribution >= 0.6 is 0 Å². The van der Waals surface area contributed by atoms with Crippen LogP contribution < -0.4 is 5.32 Å². The predicted octanol–water partition coefficient (Wildman–Crippen LogP) is 2.46. The van der Waals surface area contributed by atoms with Gasteiger partial charge in [-0.3, -0.25) is 9.80 Å². The van der Waals surface area contributed by atoms with E-state index in [-0.39, 0.29) is 0 Å². The quantitative estimate of drug-likeness (QED) is 0.897. The molecule has 2 heterocycles. The van der Waals surface area contributed by atoms with E-state index in [9.17, 15) is 0 Å². The molecule has 0 bridgehead atoms. The number of piperazine rings is 1. The van der Waals surface area contributed by atoms with E-state index < -0.39 is 0 Å². The fourth-order valence-corrected chi connectivity index (χ4v) is 3.54. The third kappa shape index (κ3) is 4.06. The average molecular weight is 287 g/mol. The number of nitrogens with one attached hydrogen (secondary N) is 1. The van der Waals surface area contributed by atoms with Gasteiger partial charge in [0.15, 0.2) is 0 Å². The maximum atomic E-state index is 3.47. The van der Waals surface area contributed by atoms with E-state index in [2.05, 4.69) is 53.2 Å². The molecule has 2 saturated heterocycles. The van der Waals surface area contributed by atoms with Crippen LogP contribution in [0.4, 0.5) is 0 Å². The fourth-order valence-electron chi connectivity index (χ4n) is 3.54. The predicted molar refractivity (Wildman–Crippen MR) is 88.3 cm³/mol. The van der Waals surface area contributed by atoms with Gasteiger partial charge >= 0.3 is 0 Å². The number of fused-ring (bicyclic) bond motifs is 1. The number of nitrogens with zero attached hydrogens (tertiary/aromatic N) is 2. The Morgan fingerprint density at radius 2 is 1.86 bits per heavy atom. The number of rotatable bonds is 5. The molecule has 116 valence electrons. The SMILES string of the molecule is CC(C)NCc1ccc(CN2CCN3CCCC3C2)cc1.